The molecule has 0 fully saturated rings. The van der Waals surface area contributed by atoms with Crippen molar-refractivity contribution in [1.82, 2.24) is 0 Å². The van der Waals surface area contributed by atoms with Crippen LogP contribution in [-0.2, 0) is 20.8 Å². The smallest absolute Gasteiger partial charge is 0.224 e. The summed E-state index contributed by atoms with van der Waals surface area (Å²) in [6, 6.07) is 9.07. The molecule has 0 saturated carbocycles. The number of aryl methyl sites for hydroxylation is 1. The van der Waals surface area contributed by atoms with Crippen molar-refractivity contribution in [2.75, 3.05) is 27.4 Å². The number of carbonyl (C=O) groups excluding carboxylic acids is 3. The van der Waals surface area contributed by atoms with Crippen molar-refractivity contribution in [3.63, 3.8) is 0 Å². The second-order valence-corrected chi connectivity index (χ2v) is 9.51. The second-order valence-electron chi connectivity index (χ2n) is 9.51. The molecule has 0 bridgehead atoms. The first kappa shape index (κ1) is 33.7. The predicted molar refractivity (Wildman–Crippen MR) is 149 cm³/mol. The minimum absolute atomic E-state index is 0. The molecular weight excluding hydrogens is 508 g/mol. The van der Waals surface area contributed by atoms with Gasteiger partial charge in [0.05, 0.1) is 32.8 Å². The molecule has 2 aromatic carbocycles. The predicted octanol–water partition coefficient (Wildman–Crippen LogP) is 1.74. The van der Waals surface area contributed by atoms with E-state index in [4.69, 9.17) is 10.5 Å². The molecule has 3 atom stereocenters. The van der Waals surface area contributed by atoms with E-state index >= 15 is 0 Å². The van der Waals surface area contributed by atoms with Crippen molar-refractivity contribution in [1.29, 1.82) is 0 Å². The molecule has 2 aromatic rings. The minimum atomic E-state index is -0.848. The Balaban J connectivity index is 0. The SMILES string of the molecule is CON.COc1ccc(-c2ccc(O)c3c2CC(CC(CCO)C(CO)C(=O)CC(N)=O)CC3=O)cc1C.O.[HH].[HH]. The highest BCUT2D eigenvalue weighted by molar-refractivity contribution is 6.03. The molecule has 3 unspecified atom stereocenters. The van der Waals surface area contributed by atoms with Gasteiger partial charge in [0.1, 0.15) is 17.3 Å². The van der Waals surface area contributed by atoms with Gasteiger partial charge in [-0.25, -0.2) is 5.90 Å². The summed E-state index contributed by atoms with van der Waals surface area (Å²) in [5.74, 6) is 2.18. The second kappa shape index (κ2) is 15.9. The Bertz CT molecular complexity index is 1150. The Morgan fingerprint density at radius 2 is 1.82 bits per heavy atom. The van der Waals surface area contributed by atoms with Gasteiger partial charge in [0, 0.05) is 21.8 Å². The molecule has 11 heteroatoms. The van der Waals surface area contributed by atoms with Gasteiger partial charge in [-0.15, -0.1) is 0 Å². The van der Waals surface area contributed by atoms with Gasteiger partial charge in [0.25, 0.3) is 0 Å². The van der Waals surface area contributed by atoms with Crippen LogP contribution >= 0.6 is 0 Å². The number of Topliss-reactive ketones (excluding diaryl/α,β-unsaturated/α-hetero) is 2. The molecule has 0 saturated heterocycles. The van der Waals surface area contributed by atoms with Crippen LogP contribution in [0.1, 0.15) is 50.0 Å². The van der Waals surface area contributed by atoms with Crippen molar-refractivity contribution < 1.29 is 47.6 Å². The van der Waals surface area contributed by atoms with E-state index in [2.05, 4.69) is 10.7 Å². The van der Waals surface area contributed by atoms with E-state index in [0.717, 1.165) is 28.0 Å². The van der Waals surface area contributed by atoms with E-state index < -0.39 is 36.6 Å². The molecule has 39 heavy (non-hydrogen) atoms. The molecule has 0 heterocycles. The highest BCUT2D eigenvalue weighted by Gasteiger charge is 2.35. The average molecular weight is 553 g/mol. The fraction of sp³-hybridized carbons (Fsp3) is 0.464. The fourth-order valence-electron chi connectivity index (χ4n) is 5.26. The first-order chi connectivity index (χ1) is 18.1. The molecule has 0 aliphatic heterocycles. The van der Waals surface area contributed by atoms with Crippen LogP contribution in [0.4, 0.5) is 0 Å². The van der Waals surface area contributed by atoms with E-state index in [-0.39, 0.29) is 45.2 Å². The molecule has 0 spiro atoms. The van der Waals surface area contributed by atoms with Gasteiger partial charge >= 0.3 is 0 Å². The molecule has 1 aliphatic rings. The number of ether oxygens (including phenoxy) is 1. The number of hydrogen-bond acceptors (Lipinski definition) is 9. The number of carbonyl (C=O) groups is 3. The maximum absolute atomic E-state index is 13.1. The third-order valence-corrected chi connectivity index (χ3v) is 6.91. The summed E-state index contributed by atoms with van der Waals surface area (Å²) in [5.41, 5.74) is 8.88. The van der Waals surface area contributed by atoms with Crippen LogP contribution in [-0.4, -0.2) is 65.7 Å². The molecule has 1 amide bonds. The molecule has 11 nitrogen and oxygen atoms in total. The molecule has 1 aliphatic carbocycles. The Kier molecular flexibility index (Phi) is 13.7. The zero-order valence-electron chi connectivity index (χ0n) is 22.6. The number of benzene rings is 2. The van der Waals surface area contributed by atoms with Crippen LogP contribution in [0.3, 0.4) is 0 Å². The van der Waals surface area contributed by atoms with Gasteiger partial charge < -0.3 is 36.1 Å². The Labute approximate surface area is 231 Å². The monoisotopic (exact) mass is 552 g/mol. The number of aliphatic hydroxyl groups excluding tert-OH is 2. The lowest BCUT2D eigenvalue weighted by molar-refractivity contribution is -0.131. The van der Waals surface area contributed by atoms with Crippen molar-refractivity contribution in [3.05, 3.63) is 47.0 Å². The standard InChI is InChI=1S/C27H33NO7.CH5NO.H2O.2H2/c1-15-9-17(3-6-25(15)35-2)19-4-5-22(31)27-20(19)11-16(12-24(27)33)10-18(7-8-29)21(14-30)23(32)13-26(28)34;1-3-2;;;/h3-6,9,16,18,21,29-31H,7-8,10-14H2,1-2H3,(H2,28,34);2H2,1H3;1H2;2*1H. The minimum Gasteiger partial charge on any atom is -0.507 e. The number of primary amides is 1. The van der Waals surface area contributed by atoms with E-state index in [1.54, 1.807) is 13.2 Å². The van der Waals surface area contributed by atoms with E-state index in [9.17, 15) is 29.7 Å². The lowest BCUT2D eigenvalue weighted by Gasteiger charge is -2.31. The third-order valence-electron chi connectivity index (χ3n) is 6.91. The van der Waals surface area contributed by atoms with E-state index in [0.29, 0.717) is 18.4 Å². The Morgan fingerprint density at radius 1 is 1.15 bits per heavy atom. The molecule has 0 radical (unpaired) electrons. The van der Waals surface area contributed by atoms with Crippen molar-refractivity contribution in [3.8, 4) is 22.6 Å². The van der Waals surface area contributed by atoms with Gasteiger partial charge in [-0.05, 0) is 78.5 Å². The number of hydrogen-bond donors (Lipinski definition) is 5. The first-order valence-corrected chi connectivity index (χ1v) is 12.4. The Morgan fingerprint density at radius 3 is 2.36 bits per heavy atom. The zero-order chi connectivity index (χ0) is 28.4. The number of phenols is 1. The summed E-state index contributed by atoms with van der Waals surface area (Å²) in [6.45, 7) is 1.27. The van der Waals surface area contributed by atoms with Crippen LogP contribution in [0.5, 0.6) is 11.5 Å². The van der Waals surface area contributed by atoms with Crippen molar-refractivity contribution in [2.45, 2.75) is 39.0 Å². The fourth-order valence-corrected chi connectivity index (χ4v) is 5.26. The number of phenolic OH excluding ortho intramolecular Hbond substituents is 1. The lowest BCUT2D eigenvalue weighted by atomic mass is 9.72. The number of fused-ring (bicyclic) bond motifs is 1. The third kappa shape index (κ3) is 8.57. The Hall–Kier alpha value is -3.35. The lowest BCUT2D eigenvalue weighted by Crippen LogP contribution is -2.33. The summed E-state index contributed by atoms with van der Waals surface area (Å²) in [7, 11) is 3.00. The van der Waals surface area contributed by atoms with Crippen LogP contribution in [0.15, 0.2) is 30.3 Å². The largest absolute Gasteiger partial charge is 0.507 e. The highest BCUT2D eigenvalue weighted by atomic mass is 16.6. The normalized spacial score (nSPS) is 15.6. The van der Waals surface area contributed by atoms with Crippen LogP contribution < -0.4 is 16.4 Å². The summed E-state index contributed by atoms with van der Waals surface area (Å²) < 4.78 is 5.35. The number of aromatic hydroxyl groups is 1. The van der Waals surface area contributed by atoms with Gasteiger partial charge in [-0.1, -0.05) is 12.1 Å². The molecule has 0 aromatic heterocycles. The number of amides is 1. The highest BCUT2D eigenvalue weighted by Crippen LogP contribution is 2.41. The molecule has 9 N–H and O–H groups in total. The number of nitrogens with two attached hydrogens (primary N) is 2. The summed E-state index contributed by atoms with van der Waals surface area (Å²) in [4.78, 5) is 40.6. The summed E-state index contributed by atoms with van der Waals surface area (Å²) in [6.07, 6.45) is 0.834. The topological polar surface area (TPSA) is 214 Å². The maximum Gasteiger partial charge on any atom is 0.224 e. The van der Waals surface area contributed by atoms with Gasteiger partial charge in [-0.3, -0.25) is 14.4 Å². The van der Waals surface area contributed by atoms with Crippen LogP contribution in [0, 0.1) is 24.7 Å². The average Bonchev–Trinajstić information content (AvgIpc) is 2.84. The molecular formula is C28H44N2O9. The summed E-state index contributed by atoms with van der Waals surface area (Å²) >= 11 is 0. The first-order valence-electron chi connectivity index (χ1n) is 12.4. The number of methoxy groups -OCH3 is 1. The number of aliphatic hydroxyl groups is 2. The zero-order valence-corrected chi connectivity index (χ0v) is 22.6. The van der Waals surface area contributed by atoms with Crippen molar-refractivity contribution >= 4 is 17.5 Å². The summed E-state index contributed by atoms with van der Waals surface area (Å²) in [5, 5.41) is 29.9. The van der Waals surface area contributed by atoms with Crippen LogP contribution in [0.2, 0.25) is 0 Å². The van der Waals surface area contributed by atoms with Gasteiger partial charge in [0.2, 0.25) is 5.91 Å². The van der Waals surface area contributed by atoms with E-state index in [1.165, 1.54) is 13.2 Å². The number of rotatable bonds is 11. The molecule has 220 valence electrons. The number of ketones is 2. The van der Waals surface area contributed by atoms with Crippen molar-refractivity contribution in [2.24, 2.45) is 29.4 Å². The quantitative estimate of drug-likeness (QED) is 0.202. The van der Waals surface area contributed by atoms with Gasteiger partial charge in [-0.2, -0.15) is 0 Å². The van der Waals surface area contributed by atoms with E-state index in [1.807, 2.05) is 25.1 Å². The van der Waals surface area contributed by atoms with Crippen LogP contribution in [0.25, 0.3) is 11.1 Å². The maximum atomic E-state index is 13.1. The van der Waals surface area contributed by atoms with Gasteiger partial charge in [0.15, 0.2) is 5.78 Å². The molecule has 3 rings (SSSR count).